The molecule has 0 aromatic heterocycles. The number of allylic oxidation sites excluding steroid dienone is 1. The summed E-state index contributed by atoms with van der Waals surface area (Å²) in [6, 6.07) is 11.7. The Morgan fingerprint density at radius 3 is 2.19 bits per heavy atom. The molecule has 1 N–H and O–H groups in total. The molecular formula is C17H16O4. The first-order chi connectivity index (χ1) is 10.1. The van der Waals surface area contributed by atoms with Gasteiger partial charge in [0.25, 0.3) is 0 Å². The first kappa shape index (κ1) is 14.7. The summed E-state index contributed by atoms with van der Waals surface area (Å²) < 4.78 is 10.0. The highest BCUT2D eigenvalue weighted by molar-refractivity contribution is 6.07. The third-order valence-electron chi connectivity index (χ3n) is 3.03. The zero-order chi connectivity index (χ0) is 15.2. The van der Waals surface area contributed by atoms with Crippen molar-refractivity contribution < 1.29 is 19.4 Å². The van der Waals surface area contributed by atoms with Gasteiger partial charge in [-0.3, -0.25) is 4.79 Å². The molecular weight excluding hydrogens is 268 g/mol. The van der Waals surface area contributed by atoms with Gasteiger partial charge in [0.1, 0.15) is 17.2 Å². The Kier molecular flexibility index (Phi) is 4.61. The fourth-order valence-corrected chi connectivity index (χ4v) is 1.81. The van der Waals surface area contributed by atoms with Crippen LogP contribution in [0.5, 0.6) is 17.2 Å². The average molecular weight is 284 g/mol. The van der Waals surface area contributed by atoms with Crippen molar-refractivity contribution in [2.24, 2.45) is 0 Å². The molecule has 2 rings (SSSR count). The maximum atomic E-state index is 12.0. The lowest BCUT2D eigenvalue weighted by molar-refractivity contribution is 0.104. The van der Waals surface area contributed by atoms with Crippen molar-refractivity contribution in [1.82, 2.24) is 0 Å². The fourth-order valence-electron chi connectivity index (χ4n) is 1.81. The van der Waals surface area contributed by atoms with E-state index in [4.69, 9.17) is 9.47 Å². The number of methoxy groups -OCH3 is 2. The lowest BCUT2D eigenvalue weighted by Crippen LogP contribution is -1.94. The van der Waals surface area contributed by atoms with E-state index >= 15 is 0 Å². The number of hydrogen-bond acceptors (Lipinski definition) is 4. The molecule has 0 bridgehead atoms. The molecule has 0 fully saturated rings. The molecule has 4 nitrogen and oxygen atoms in total. The molecule has 0 atom stereocenters. The largest absolute Gasteiger partial charge is 0.507 e. The number of benzene rings is 2. The van der Waals surface area contributed by atoms with Gasteiger partial charge >= 0.3 is 0 Å². The van der Waals surface area contributed by atoms with Crippen molar-refractivity contribution in [2.45, 2.75) is 0 Å². The molecule has 0 unspecified atom stereocenters. The summed E-state index contributed by atoms with van der Waals surface area (Å²) in [5.74, 6) is 1.18. The van der Waals surface area contributed by atoms with Crippen LogP contribution >= 0.6 is 0 Å². The SMILES string of the molecule is COc1ccc(C(=O)/C=C/c2ccc(OC)cc2O)cc1. The standard InChI is InChI=1S/C17H16O4/c1-20-14-7-3-12(4-8-14)16(18)10-6-13-5-9-15(21-2)11-17(13)19/h3-11,19H,1-2H3/b10-6+. The molecule has 0 saturated carbocycles. The van der Waals surface area contributed by atoms with Crippen LogP contribution in [0.3, 0.4) is 0 Å². The Morgan fingerprint density at radius 1 is 1.00 bits per heavy atom. The van der Waals surface area contributed by atoms with E-state index in [1.54, 1.807) is 49.6 Å². The lowest BCUT2D eigenvalue weighted by atomic mass is 10.1. The van der Waals surface area contributed by atoms with E-state index in [-0.39, 0.29) is 11.5 Å². The van der Waals surface area contributed by atoms with Crippen LogP contribution in [-0.2, 0) is 0 Å². The second-order valence-electron chi connectivity index (χ2n) is 4.35. The fraction of sp³-hybridized carbons (Fsp3) is 0.118. The molecule has 0 spiro atoms. The summed E-state index contributed by atoms with van der Waals surface area (Å²) in [6.45, 7) is 0. The predicted octanol–water partition coefficient (Wildman–Crippen LogP) is 3.31. The van der Waals surface area contributed by atoms with Crippen molar-refractivity contribution in [2.75, 3.05) is 14.2 Å². The van der Waals surface area contributed by atoms with Crippen LogP contribution in [0.15, 0.2) is 48.5 Å². The molecule has 0 radical (unpaired) electrons. The van der Waals surface area contributed by atoms with E-state index in [1.807, 2.05) is 0 Å². The number of rotatable bonds is 5. The van der Waals surface area contributed by atoms with Crippen LogP contribution in [0.2, 0.25) is 0 Å². The van der Waals surface area contributed by atoms with E-state index < -0.39 is 0 Å². The molecule has 0 saturated heterocycles. The van der Waals surface area contributed by atoms with Crippen LogP contribution in [-0.4, -0.2) is 25.1 Å². The van der Waals surface area contributed by atoms with Gasteiger partial charge in [-0.05, 0) is 48.6 Å². The number of hydrogen-bond donors (Lipinski definition) is 1. The van der Waals surface area contributed by atoms with Crippen LogP contribution < -0.4 is 9.47 Å². The highest BCUT2D eigenvalue weighted by atomic mass is 16.5. The van der Waals surface area contributed by atoms with Crippen molar-refractivity contribution in [3.63, 3.8) is 0 Å². The minimum absolute atomic E-state index is 0.0631. The summed E-state index contributed by atoms with van der Waals surface area (Å²) in [5.41, 5.74) is 1.11. The summed E-state index contributed by atoms with van der Waals surface area (Å²) in [4.78, 5) is 12.0. The third-order valence-corrected chi connectivity index (χ3v) is 3.03. The Morgan fingerprint density at radius 2 is 1.62 bits per heavy atom. The average Bonchev–Trinajstić information content (AvgIpc) is 2.53. The van der Waals surface area contributed by atoms with Gasteiger partial charge in [-0.2, -0.15) is 0 Å². The number of phenols is 1. The van der Waals surface area contributed by atoms with Crippen LogP contribution in [0, 0.1) is 0 Å². The number of carbonyl (C=O) groups excluding carboxylic acids is 1. The monoisotopic (exact) mass is 284 g/mol. The topological polar surface area (TPSA) is 55.8 Å². The van der Waals surface area contributed by atoms with Crippen LogP contribution in [0.25, 0.3) is 6.08 Å². The summed E-state index contributed by atoms with van der Waals surface area (Å²) in [6.07, 6.45) is 2.99. The summed E-state index contributed by atoms with van der Waals surface area (Å²) >= 11 is 0. The number of phenolic OH excluding ortho intramolecular Hbond substituents is 1. The summed E-state index contributed by atoms with van der Waals surface area (Å²) in [7, 11) is 3.10. The van der Waals surface area contributed by atoms with Crippen LogP contribution in [0.1, 0.15) is 15.9 Å². The third kappa shape index (κ3) is 3.63. The van der Waals surface area contributed by atoms with Gasteiger partial charge in [-0.15, -0.1) is 0 Å². The second kappa shape index (κ2) is 6.61. The second-order valence-corrected chi connectivity index (χ2v) is 4.35. The Bertz CT molecular complexity index is 657. The molecule has 2 aromatic carbocycles. The molecule has 108 valence electrons. The van der Waals surface area contributed by atoms with Gasteiger partial charge in [0.15, 0.2) is 5.78 Å². The molecule has 21 heavy (non-hydrogen) atoms. The molecule has 2 aromatic rings. The Balaban J connectivity index is 2.14. The first-order valence-corrected chi connectivity index (χ1v) is 6.37. The maximum Gasteiger partial charge on any atom is 0.185 e. The number of ether oxygens (including phenoxy) is 2. The minimum atomic E-state index is -0.145. The minimum Gasteiger partial charge on any atom is -0.507 e. The molecule has 0 aliphatic heterocycles. The van der Waals surface area contributed by atoms with Crippen molar-refractivity contribution in [3.8, 4) is 17.2 Å². The number of aromatic hydroxyl groups is 1. The smallest absolute Gasteiger partial charge is 0.185 e. The van der Waals surface area contributed by atoms with Gasteiger partial charge in [0.05, 0.1) is 14.2 Å². The Labute approximate surface area is 123 Å². The van der Waals surface area contributed by atoms with Gasteiger partial charge in [0, 0.05) is 17.2 Å². The van der Waals surface area contributed by atoms with Gasteiger partial charge in [-0.1, -0.05) is 0 Å². The lowest BCUT2D eigenvalue weighted by Gasteiger charge is -2.03. The van der Waals surface area contributed by atoms with E-state index in [2.05, 4.69) is 0 Å². The van der Waals surface area contributed by atoms with Crippen molar-refractivity contribution in [3.05, 3.63) is 59.7 Å². The van der Waals surface area contributed by atoms with E-state index in [0.717, 1.165) is 0 Å². The van der Waals surface area contributed by atoms with E-state index in [0.29, 0.717) is 22.6 Å². The van der Waals surface area contributed by atoms with E-state index in [9.17, 15) is 9.90 Å². The normalized spacial score (nSPS) is 10.6. The molecule has 0 heterocycles. The number of carbonyl (C=O) groups is 1. The predicted molar refractivity (Wildman–Crippen MR) is 81.0 cm³/mol. The molecule has 0 aliphatic rings. The van der Waals surface area contributed by atoms with Crippen molar-refractivity contribution in [1.29, 1.82) is 0 Å². The first-order valence-electron chi connectivity index (χ1n) is 6.37. The quantitative estimate of drug-likeness (QED) is 0.676. The maximum absolute atomic E-state index is 12.0. The zero-order valence-corrected chi connectivity index (χ0v) is 11.9. The number of ketones is 1. The van der Waals surface area contributed by atoms with Gasteiger partial charge < -0.3 is 14.6 Å². The highest BCUT2D eigenvalue weighted by Crippen LogP contribution is 2.24. The molecule has 4 heteroatoms. The zero-order valence-electron chi connectivity index (χ0n) is 11.9. The molecule has 0 aliphatic carbocycles. The Hall–Kier alpha value is -2.75. The molecule has 0 amide bonds. The van der Waals surface area contributed by atoms with E-state index in [1.165, 1.54) is 19.3 Å². The highest BCUT2D eigenvalue weighted by Gasteiger charge is 2.04. The van der Waals surface area contributed by atoms with Gasteiger partial charge in [0.2, 0.25) is 0 Å². The van der Waals surface area contributed by atoms with Gasteiger partial charge in [-0.25, -0.2) is 0 Å². The van der Waals surface area contributed by atoms with Crippen molar-refractivity contribution >= 4 is 11.9 Å². The summed E-state index contributed by atoms with van der Waals surface area (Å²) in [5, 5.41) is 9.82. The van der Waals surface area contributed by atoms with Crippen LogP contribution in [0.4, 0.5) is 0 Å².